The van der Waals surface area contributed by atoms with E-state index in [0.717, 1.165) is 5.56 Å². The minimum absolute atomic E-state index is 0.0538. The lowest BCUT2D eigenvalue weighted by Gasteiger charge is -2.35. The van der Waals surface area contributed by atoms with Gasteiger partial charge in [0, 0.05) is 31.9 Å². The van der Waals surface area contributed by atoms with Gasteiger partial charge in [-0.1, -0.05) is 12.1 Å². The van der Waals surface area contributed by atoms with Gasteiger partial charge in [0.25, 0.3) is 5.91 Å². The van der Waals surface area contributed by atoms with Gasteiger partial charge in [-0.15, -0.1) is 0 Å². The highest BCUT2D eigenvalue weighted by Gasteiger charge is 2.26. The van der Waals surface area contributed by atoms with Crippen molar-refractivity contribution >= 4 is 17.5 Å². The predicted octanol–water partition coefficient (Wildman–Crippen LogP) is 2.68. The van der Waals surface area contributed by atoms with Crippen LogP contribution in [-0.4, -0.2) is 60.4 Å². The molecule has 3 rings (SSSR count). The van der Waals surface area contributed by atoms with Crippen LogP contribution in [0.15, 0.2) is 48.5 Å². The van der Waals surface area contributed by atoms with Gasteiger partial charge in [0.2, 0.25) is 5.91 Å². The quantitative estimate of drug-likeness (QED) is 0.811. The van der Waals surface area contributed by atoms with E-state index < -0.39 is 6.10 Å². The van der Waals surface area contributed by atoms with Crippen LogP contribution < -0.4 is 10.1 Å². The van der Waals surface area contributed by atoms with Gasteiger partial charge in [-0.2, -0.15) is 0 Å². The summed E-state index contributed by atoms with van der Waals surface area (Å²) in [5, 5.41) is 2.75. The summed E-state index contributed by atoms with van der Waals surface area (Å²) in [5.74, 6) is 0.126. The number of amides is 2. The van der Waals surface area contributed by atoms with Gasteiger partial charge >= 0.3 is 0 Å². The second-order valence-electron chi connectivity index (χ2n) is 7.23. The lowest BCUT2D eigenvalue weighted by Crippen LogP contribution is -2.53. The molecule has 0 spiro atoms. The van der Waals surface area contributed by atoms with E-state index in [1.807, 2.05) is 36.1 Å². The molecule has 0 aliphatic carbocycles. The second-order valence-corrected chi connectivity index (χ2v) is 7.23. The lowest BCUT2D eigenvalue weighted by atomic mass is 10.2. The van der Waals surface area contributed by atoms with Crippen LogP contribution in [-0.2, 0) is 9.59 Å². The summed E-state index contributed by atoms with van der Waals surface area (Å²) in [7, 11) is 0. The third-order valence-corrected chi connectivity index (χ3v) is 4.83. The maximum Gasteiger partial charge on any atom is 0.263 e. The summed E-state index contributed by atoms with van der Waals surface area (Å²) < 4.78 is 18.7. The molecule has 1 aliphatic heterocycles. The number of rotatable bonds is 6. The molecule has 2 aromatic rings. The van der Waals surface area contributed by atoms with E-state index in [4.69, 9.17) is 4.74 Å². The highest BCUT2D eigenvalue weighted by Crippen LogP contribution is 2.16. The number of aryl methyl sites for hydroxylation is 1. The first-order valence-electron chi connectivity index (χ1n) is 9.70. The number of nitrogens with zero attached hydrogens (tertiary/aromatic N) is 2. The Kier molecular flexibility index (Phi) is 6.82. The normalized spacial score (nSPS) is 15.6. The molecule has 1 N–H and O–H groups in total. The van der Waals surface area contributed by atoms with Crippen molar-refractivity contribution in [3.63, 3.8) is 0 Å². The maximum absolute atomic E-state index is 12.9. The fourth-order valence-electron chi connectivity index (χ4n) is 3.26. The zero-order valence-corrected chi connectivity index (χ0v) is 16.7. The fraction of sp³-hybridized carbons (Fsp3) is 0.364. The Morgan fingerprint density at radius 3 is 2.45 bits per heavy atom. The van der Waals surface area contributed by atoms with E-state index in [1.54, 1.807) is 11.8 Å². The number of hydrogen-bond donors (Lipinski definition) is 1. The van der Waals surface area contributed by atoms with Gasteiger partial charge in [-0.25, -0.2) is 4.39 Å². The van der Waals surface area contributed by atoms with Crippen LogP contribution in [0.25, 0.3) is 0 Å². The summed E-state index contributed by atoms with van der Waals surface area (Å²) in [6.45, 7) is 6.28. The van der Waals surface area contributed by atoms with Gasteiger partial charge < -0.3 is 15.0 Å². The SMILES string of the molecule is Cc1cccc(O[C@H](C)C(=O)N2CCN(CC(=O)Nc3ccc(F)cc3)CC2)c1. The first-order chi connectivity index (χ1) is 13.9. The molecule has 0 unspecified atom stereocenters. The lowest BCUT2D eigenvalue weighted by molar-refractivity contribution is -0.139. The van der Waals surface area contributed by atoms with E-state index in [2.05, 4.69) is 5.32 Å². The minimum Gasteiger partial charge on any atom is -0.481 e. The number of nitrogens with one attached hydrogen (secondary N) is 1. The number of benzene rings is 2. The molecule has 7 heteroatoms. The predicted molar refractivity (Wildman–Crippen MR) is 109 cm³/mol. The summed E-state index contributed by atoms with van der Waals surface area (Å²) in [4.78, 5) is 28.6. The van der Waals surface area contributed by atoms with Crippen LogP contribution in [0.3, 0.4) is 0 Å². The Balaban J connectivity index is 1.43. The minimum atomic E-state index is -0.565. The van der Waals surface area contributed by atoms with Crippen molar-refractivity contribution in [2.75, 3.05) is 38.0 Å². The van der Waals surface area contributed by atoms with Gasteiger partial charge in [-0.3, -0.25) is 14.5 Å². The Morgan fingerprint density at radius 2 is 1.79 bits per heavy atom. The Hall–Kier alpha value is -2.93. The fourth-order valence-corrected chi connectivity index (χ4v) is 3.26. The molecule has 1 atom stereocenters. The number of carbonyl (C=O) groups is 2. The van der Waals surface area contributed by atoms with Crippen LogP contribution in [0.1, 0.15) is 12.5 Å². The largest absolute Gasteiger partial charge is 0.481 e. The molecular weight excluding hydrogens is 373 g/mol. The van der Waals surface area contributed by atoms with E-state index in [-0.39, 0.29) is 24.2 Å². The zero-order valence-electron chi connectivity index (χ0n) is 16.7. The third-order valence-electron chi connectivity index (χ3n) is 4.83. The molecule has 2 amide bonds. The van der Waals surface area contributed by atoms with Crippen LogP contribution >= 0.6 is 0 Å². The zero-order chi connectivity index (χ0) is 20.8. The number of carbonyl (C=O) groups excluding carboxylic acids is 2. The highest BCUT2D eigenvalue weighted by atomic mass is 19.1. The number of piperazine rings is 1. The van der Waals surface area contributed by atoms with Gasteiger partial charge in [-0.05, 0) is 55.8 Å². The monoisotopic (exact) mass is 399 g/mol. The smallest absolute Gasteiger partial charge is 0.263 e. The molecule has 29 heavy (non-hydrogen) atoms. The van der Waals surface area contributed by atoms with Crippen LogP contribution in [0.5, 0.6) is 5.75 Å². The van der Waals surface area contributed by atoms with Gasteiger partial charge in [0.05, 0.1) is 6.54 Å². The van der Waals surface area contributed by atoms with E-state index >= 15 is 0 Å². The molecule has 2 aromatic carbocycles. The van der Waals surface area contributed by atoms with Crippen molar-refractivity contribution < 1.29 is 18.7 Å². The third kappa shape index (κ3) is 6.02. The van der Waals surface area contributed by atoms with E-state index in [9.17, 15) is 14.0 Å². The molecule has 0 radical (unpaired) electrons. The van der Waals surface area contributed by atoms with Crippen molar-refractivity contribution in [2.24, 2.45) is 0 Å². The standard InChI is InChI=1S/C22H26FN3O3/c1-16-4-3-5-20(14-16)29-17(2)22(28)26-12-10-25(11-13-26)15-21(27)24-19-8-6-18(23)7-9-19/h3-9,14,17H,10-13,15H2,1-2H3,(H,24,27)/t17-/m1/s1. The van der Waals surface area contributed by atoms with E-state index in [0.29, 0.717) is 37.6 Å². The molecule has 1 saturated heterocycles. The van der Waals surface area contributed by atoms with Crippen molar-refractivity contribution in [3.8, 4) is 5.75 Å². The average molecular weight is 399 g/mol. The second kappa shape index (κ2) is 9.52. The summed E-state index contributed by atoms with van der Waals surface area (Å²) in [5.41, 5.74) is 1.64. The summed E-state index contributed by atoms with van der Waals surface area (Å²) >= 11 is 0. The molecule has 6 nitrogen and oxygen atoms in total. The maximum atomic E-state index is 12.9. The van der Waals surface area contributed by atoms with Crippen molar-refractivity contribution in [3.05, 3.63) is 59.9 Å². The molecule has 1 fully saturated rings. The van der Waals surface area contributed by atoms with Crippen molar-refractivity contribution in [1.82, 2.24) is 9.80 Å². The topological polar surface area (TPSA) is 61.9 Å². The number of ether oxygens (including phenoxy) is 1. The number of anilines is 1. The first-order valence-corrected chi connectivity index (χ1v) is 9.70. The molecular formula is C22H26FN3O3. The highest BCUT2D eigenvalue weighted by molar-refractivity contribution is 5.92. The molecule has 0 saturated carbocycles. The molecule has 1 aliphatic rings. The molecule has 0 bridgehead atoms. The number of halogens is 1. The van der Waals surface area contributed by atoms with Crippen molar-refractivity contribution in [2.45, 2.75) is 20.0 Å². The van der Waals surface area contributed by atoms with Crippen molar-refractivity contribution in [1.29, 1.82) is 0 Å². The van der Waals surface area contributed by atoms with Crippen LogP contribution in [0.4, 0.5) is 10.1 Å². The number of hydrogen-bond acceptors (Lipinski definition) is 4. The Labute approximate surface area is 170 Å². The molecule has 154 valence electrons. The van der Waals surface area contributed by atoms with Crippen LogP contribution in [0.2, 0.25) is 0 Å². The van der Waals surface area contributed by atoms with Gasteiger partial charge in [0.1, 0.15) is 11.6 Å². The summed E-state index contributed by atoms with van der Waals surface area (Å²) in [6, 6.07) is 13.3. The average Bonchev–Trinajstić information content (AvgIpc) is 2.70. The Bertz CT molecular complexity index is 849. The first kappa shape index (κ1) is 20.8. The van der Waals surface area contributed by atoms with Gasteiger partial charge in [0.15, 0.2) is 6.10 Å². The molecule has 0 aromatic heterocycles. The molecule has 1 heterocycles. The summed E-state index contributed by atoms with van der Waals surface area (Å²) in [6.07, 6.45) is -0.565. The van der Waals surface area contributed by atoms with E-state index in [1.165, 1.54) is 24.3 Å². The Morgan fingerprint density at radius 1 is 1.10 bits per heavy atom. The van der Waals surface area contributed by atoms with Crippen LogP contribution in [0, 0.1) is 12.7 Å².